The van der Waals surface area contributed by atoms with Gasteiger partial charge in [0.2, 0.25) is 0 Å². The molecule has 0 aromatic carbocycles. The van der Waals surface area contributed by atoms with Crippen LogP contribution < -0.4 is 0 Å². The van der Waals surface area contributed by atoms with Crippen molar-refractivity contribution in [1.29, 1.82) is 0 Å². The predicted octanol–water partition coefficient (Wildman–Crippen LogP) is 0.122. The molecule has 0 atom stereocenters. The number of carboxylic acids is 1. The number of aromatic nitrogens is 1. The fraction of sp³-hybridized carbons (Fsp3) is 0.200. The number of aliphatic carboxylic acids is 1. The third-order valence-corrected chi connectivity index (χ3v) is 1.57. The van der Waals surface area contributed by atoms with Crippen LogP contribution in [0.5, 0.6) is 0 Å². The van der Waals surface area contributed by atoms with Crippen molar-refractivity contribution in [1.82, 2.24) is 4.98 Å². The molecule has 0 aliphatic carbocycles. The van der Waals surface area contributed by atoms with E-state index in [1.807, 2.05) is 0 Å². The fourth-order valence-corrected chi connectivity index (χ4v) is 1.08. The van der Waals surface area contributed by atoms with E-state index in [9.17, 15) is 4.79 Å². The predicted molar refractivity (Wildman–Crippen MR) is 40.6 cm³/mol. The SMILES string of the molecule is O=C(O)Cc1nccs1.[NaH]. The van der Waals surface area contributed by atoms with Gasteiger partial charge in [-0.3, -0.25) is 4.79 Å². The summed E-state index contributed by atoms with van der Waals surface area (Å²) < 4.78 is 0. The Labute approximate surface area is 84.4 Å². The minimum atomic E-state index is -0.829. The van der Waals surface area contributed by atoms with E-state index >= 15 is 0 Å². The molecule has 1 aromatic rings. The van der Waals surface area contributed by atoms with Gasteiger partial charge in [0.25, 0.3) is 0 Å². The average Bonchev–Trinajstić information content (AvgIpc) is 2.15. The standard InChI is InChI=1S/C5H5NO2S.Na.H/c7-5(8)3-4-6-1-2-9-4;;/h1-2H,3H2,(H,7,8);;. The maximum atomic E-state index is 10.0. The molecule has 0 aliphatic rings. The summed E-state index contributed by atoms with van der Waals surface area (Å²) in [6.45, 7) is 0. The Bertz CT molecular complexity index is 199. The zero-order valence-electron chi connectivity index (χ0n) is 4.57. The molecule has 10 heavy (non-hydrogen) atoms. The Morgan fingerprint density at radius 2 is 2.50 bits per heavy atom. The third-order valence-electron chi connectivity index (χ3n) is 0.786. The number of carboxylic acid groups (broad SMARTS) is 1. The van der Waals surface area contributed by atoms with Crippen LogP contribution >= 0.6 is 11.3 Å². The second-order valence-corrected chi connectivity index (χ2v) is 2.48. The average molecular weight is 167 g/mol. The van der Waals surface area contributed by atoms with E-state index in [0.717, 1.165) is 0 Å². The number of nitrogens with zero attached hydrogens (tertiary/aromatic N) is 1. The first-order chi connectivity index (χ1) is 4.29. The number of carbonyl (C=O) groups is 1. The van der Waals surface area contributed by atoms with Crippen molar-refractivity contribution in [3.63, 3.8) is 0 Å². The molecule has 1 rings (SSSR count). The molecule has 0 spiro atoms. The van der Waals surface area contributed by atoms with Gasteiger partial charge in [-0.1, -0.05) is 0 Å². The van der Waals surface area contributed by atoms with Gasteiger partial charge in [-0.25, -0.2) is 4.98 Å². The molecule has 3 nitrogen and oxygen atoms in total. The van der Waals surface area contributed by atoms with Gasteiger partial charge in [0.1, 0.15) is 5.01 Å². The first-order valence-corrected chi connectivity index (χ1v) is 3.27. The monoisotopic (exact) mass is 167 g/mol. The Morgan fingerprint density at radius 3 is 2.90 bits per heavy atom. The van der Waals surface area contributed by atoms with Gasteiger partial charge in [0, 0.05) is 11.6 Å². The summed E-state index contributed by atoms with van der Waals surface area (Å²) in [5.41, 5.74) is 0. The normalized spacial score (nSPS) is 8.40. The Morgan fingerprint density at radius 1 is 1.80 bits per heavy atom. The quantitative estimate of drug-likeness (QED) is 0.636. The van der Waals surface area contributed by atoms with E-state index in [-0.39, 0.29) is 36.0 Å². The molecule has 0 saturated carbocycles. The molecule has 0 saturated heterocycles. The fourth-order valence-electron chi connectivity index (χ4n) is 0.470. The summed E-state index contributed by atoms with van der Waals surface area (Å²) in [6, 6.07) is 0. The van der Waals surface area contributed by atoms with Crippen LogP contribution in [0, 0.1) is 0 Å². The van der Waals surface area contributed by atoms with Crippen LogP contribution in [0.25, 0.3) is 0 Å². The van der Waals surface area contributed by atoms with Crippen LogP contribution in [0.2, 0.25) is 0 Å². The first kappa shape index (κ1) is 10.1. The van der Waals surface area contributed by atoms with E-state index in [0.29, 0.717) is 5.01 Å². The molecule has 0 radical (unpaired) electrons. The van der Waals surface area contributed by atoms with Gasteiger partial charge in [-0.05, 0) is 0 Å². The topological polar surface area (TPSA) is 50.2 Å². The van der Waals surface area contributed by atoms with Crippen molar-refractivity contribution < 1.29 is 9.90 Å². The number of hydrogen-bond donors (Lipinski definition) is 1. The maximum absolute atomic E-state index is 10.0. The molecule has 50 valence electrons. The van der Waals surface area contributed by atoms with E-state index in [1.54, 1.807) is 11.6 Å². The molecular formula is C5H6NNaO2S. The molecular weight excluding hydrogens is 161 g/mol. The van der Waals surface area contributed by atoms with Crippen LogP contribution in [0.4, 0.5) is 0 Å². The van der Waals surface area contributed by atoms with Crippen molar-refractivity contribution in [2.24, 2.45) is 0 Å². The molecule has 0 fully saturated rings. The molecule has 0 aliphatic heterocycles. The molecule has 5 heteroatoms. The van der Waals surface area contributed by atoms with Gasteiger partial charge in [-0.2, -0.15) is 0 Å². The first-order valence-electron chi connectivity index (χ1n) is 2.39. The van der Waals surface area contributed by atoms with E-state index in [2.05, 4.69) is 4.98 Å². The molecule has 0 unspecified atom stereocenters. The zero-order chi connectivity index (χ0) is 6.69. The van der Waals surface area contributed by atoms with Gasteiger partial charge < -0.3 is 5.11 Å². The summed E-state index contributed by atoms with van der Waals surface area (Å²) in [5.74, 6) is -0.829. The van der Waals surface area contributed by atoms with Crippen LogP contribution in [-0.4, -0.2) is 45.6 Å². The van der Waals surface area contributed by atoms with Crippen LogP contribution in [0.3, 0.4) is 0 Å². The molecule has 1 N–H and O–H groups in total. The molecule has 1 aromatic heterocycles. The zero-order valence-corrected chi connectivity index (χ0v) is 5.39. The van der Waals surface area contributed by atoms with Gasteiger partial charge in [-0.15, -0.1) is 11.3 Å². The summed E-state index contributed by atoms with van der Waals surface area (Å²) in [6.07, 6.45) is 1.64. The summed E-state index contributed by atoms with van der Waals surface area (Å²) in [5, 5.41) is 10.7. The third kappa shape index (κ3) is 3.31. The molecule has 1 heterocycles. The second kappa shape index (κ2) is 4.85. The van der Waals surface area contributed by atoms with Crippen LogP contribution in [-0.2, 0) is 11.2 Å². The number of hydrogen-bond acceptors (Lipinski definition) is 3. The Balaban J connectivity index is 0.000000810. The number of rotatable bonds is 2. The van der Waals surface area contributed by atoms with Crippen molar-refractivity contribution in [2.45, 2.75) is 6.42 Å². The molecule has 0 bridgehead atoms. The van der Waals surface area contributed by atoms with Crippen LogP contribution in [0.1, 0.15) is 5.01 Å². The Kier molecular flexibility index (Phi) is 4.89. The van der Waals surface area contributed by atoms with Crippen molar-refractivity contribution >= 4 is 46.9 Å². The Hall–Kier alpha value is 0.1000. The van der Waals surface area contributed by atoms with E-state index < -0.39 is 5.97 Å². The summed E-state index contributed by atoms with van der Waals surface area (Å²) in [7, 11) is 0. The minimum absolute atomic E-state index is 0. The molecule has 0 amide bonds. The van der Waals surface area contributed by atoms with Crippen molar-refractivity contribution in [3.05, 3.63) is 16.6 Å². The summed E-state index contributed by atoms with van der Waals surface area (Å²) in [4.78, 5) is 13.8. The van der Waals surface area contributed by atoms with Gasteiger partial charge >= 0.3 is 35.5 Å². The van der Waals surface area contributed by atoms with E-state index in [4.69, 9.17) is 5.11 Å². The van der Waals surface area contributed by atoms with Gasteiger partial charge in [0.15, 0.2) is 0 Å². The summed E-state index contributed by atoms with van der Waals surface area (Å²) >= 11 is 1.36. The van der Waals surface area contributed by atoms with Crippen LogP contribution in [0.15, 0.2) is 11.6 Å². The van der Waals surface area contributed by atoms with E-state index in [1.165, 1.54) is 11.3 Å². The number of thiazole rings is 1. The van der Waals surface area contributed by atoms with Crippen molar-refractivity contribution in [2.75, 3.05) is 0 Å². The van der Waals surface area contributed by atoms with Crippen molar-refractivity contribution in [3.8, 4) is 0 Å². The van der Waals surface area contributed by atoms with Gasteiger partial charge in [0.05, 0.1) is 6.42 Å². The second-order valence-electron chi connectivity index (χ2n) is 1.50.